The second-order valence-electron chi connectivity index (χ2n) is 7.10. The molecule has 0 atom stereocenters. The molecule has 0 fully saturated rings. The quantitative estimate of drug-likeness (QED) is 0.405. The van der Waals surface area contributed by atoms with Crippen molar-refractivity contribution in [2.45, 2.75) is 6.54 Å². The first-order valence-electron chi connectivity index (χ1n) is 10.1. The second-order valence-corrected chi connectivity index (χ2v) is 7.10. The molecule has 1 amide bonds. The number of hydrogen-bond donors (Lipinski definition) is 2. The van der Waals surface area contributed by atoms with Crippen LogP contribution in [0, 0.1) is 5.82 Å². The number of benzene rings is 3. The molecule has 1 aromatic heterocycles. The van der Waals surface area contributed by atoms with Gasteiger partial charge in [0, 0.05) is 12.7 Å². The fourth-order valence-electron chi connectivity index (χ4n) is 3.39. The highest BCUT2D eigenvalue weighted by Gasteiger charge is 2.18. The van der Waals surface area contributed by atoms with Crippen molar-refractivity contribution in [2.24, 2.45) is 0 Å². The number of halogens is 1. The minimum absolute atomic E-state index is 0.0174. The number of aromatic nitrogens is 1. The van der Waals surface area contributed by atoms with Gasteiger partial charge in [0.2, 0.25) is 5.88 Å². The highest BCUT2D eigenvalue weighted by atomic mass is 19.1. The summed E-state index contributed by atoms with van der Waals surface area (Å²) in [5.74, 6) is -1.60. The maximum absolute atomic E-state index is 13.2. The van der Waals surface area contributed by atoms with Crippen LogP contribution in [0.4, 0.5) is 4.39 Å². The van der Waals surface area contributed by atoms with E-state index in [9.17, 15) is 19.1 Å². The Kier molecular flexibility index (Phi) is 6.40. The summed E-state index contributed by atoms with van der Waals surface area (Å²) < 4.78 is 18.8. The van der Waals surface area contributed by atoms with Gasteiger partial charge in [-0.25, -0.2) is 14.2 Å². The van der Waals surface area contributed by atoms with Gasteiger partial charge in [0.1, 0.15) is 17.1 Å². The number of pyridine rings is 1. The lowest BCUT2D eigenvalue weighted by Crippen LogP contribution is -2.25. The van der Waals surface area contributed by atoms with Crippen LogP contribution in [0.25, 0.3) is 11.1 Å². The maximum atomic E-state index is 13.2. The zero-order chi connectivity index (χ0) is 23.2. The molecule has 2 N–H and O–H groups in total. The van der Waals surface area contributed by atoms with Crippen LogP contribution in [0.1, 0.15) is 26.3 Å². The molecule has 3 aromatic carbocycles. The van der Waals surface area contributed by atoms with Crippen LogP contribution in [0.5, 0.6) is 11.6 Å². The second kappa shape index (κ2) is 9.74. The van der Waals surface area contributed by atoms with Crippen molar-refractivity contribution in [1.82, 2.24) is 10.3 Å². The summed E-state index contributed by atoms with van der Waals surface area (Å²) in [6.45, 7) is -0.0174. The number of carboxylic acids is 1. The summed E-state index contributed by atoms with van der Waals surface area (Å²) in [5.41, 5.74) is 2.30. The molecule has 0 saturated heterocycles. The Balaban J connectivity index is 1.60. The van der Waals surface area contributed by atoms with Gasteiger partial charge in [0.05, 0.1) is 5.56 Å². The number of amides is 1. The summed E-state index contributed by atoms with van der Waals surface area (Å²) in [6.07, 6.45) is 1.48. The fourth-order valence-corrected chi connectivity index (χ4v) is 3.39. The summed E-state index contributed by atoms with van der Waals surface area (Å²) in [5, 5.41) is 12.5. The summed E-state index contributed by atoms with van der Waals surface area (Å²) in [6, 6.07) is 22.8. The number of hydrogen-bond acceptors (Lipinski definition) is 4. The van der Waals surface area contributed by atoms with Crippen LogP contribution in [-0.2, 0) is 6.54 Å². The molecule has 0 aliphatic heterocycles. The standard InChI is InChI=1S/C26H19FN2O4/c27-18-11-13-19(14-12-18)33-25-22(10-5-15-28-25)24(30)29-16-23-20(17-6-2-1-3-7-17)8-4-9-21(23)26(31)32/h1-15H,16H2,(H,29,30)(H,31,32). The SMILES string of the molecule is O=C(NCc1c(C(=O)O)cccc1-c1ccccc1)c1cccnc1Oc1ccc(F)cc1. The molecular formula is C26H19FN2O4. The van der Waals surface area contributed by atoms with Gasteiger partial charge in [-0.2, -0.15) is 0 Å². The van der Waals surface area contributed by atoms with E-state index in [2.05, 4.69) is 10.3 Å². The monoisotopic (exact) mass is 442 g/mol. The molecule has 0 aliphatic rings. The van der Waals surface area contributed by atoms with Gasteiger partial charge in [-0.05, 0) is 59.2 Å². The van der Waals surface area contributed by atoms with Crippen molar-refractivity contribution < 1.29 is 23.8 Å². The predicted octanol–water partition coefficient (Wildman–Crippen LogP) is 5.31. The molecule has 4 rings (SSSR count). The van der Waals surface area contributed by atoms with Gasteiger partial charge >= 0.3 is 5.97 Å². The van der Waals surface area contributed by atoms with E-state index in [-0.39, 0.29) is 23.6 Å². The summed E-state index contributed by atoms with van der Waals surface area (Å²) in [7, 11) is 0. The third-order valence-corrected chi connectivity index (χ3v) is 4.96. The summed E-state index contributed by atoms with van der Waals surface area (Å²) in [4.78, 5) is 28.9. The van der Waals surface area contributed by atoms with Crippen LogP contribution in [0.15, 0.2) is 91.1 Å². The molecule has 7 heteroatoms. The largest absolute Gasteiger partial charge is 0.478 e. The van der Waals surface area contributed by atoms with E-state index >= 15 is 0 Å². The molecule has 0 spiro atoms. The van der Waals surface area contributed by atoms with Gasteiger partial charge in [-0.3, -0.25) is 4.79 Å². The first-order chi connectivity index (χ1) is 16.0. The molecular weight excluding hydrogens is 423 g/mol. The van der Waals surface area contributed by atoms with Gasteiger partial charge in [0.15, 0.2) is 0 Å². The van der Waals surface area contributed by atoms with Crippen molar-refractivity contribution in [2.75, 3.05) is 0 Å². The molecule has 0 saturated carbocycles. The smallest absolute Gasteiger partial charge is 0.336 e. The topological polar surface area (TPSA) is 88.5 Å². The molecule has 0 radical (unpaired) electrons. The van der Waals surface area contributed by atoms with E-state index in [0.29, 0.717) is 16.9 Å². The number of rotatable bonds is 7. The highest BCUT2D eigenvalue weighted by Crippen LogP contribution is 2.27. The average molecular weight is 442 g/mol. The number of carbonyl (C=O) groups is 2. The fraction of sp³-hybridized carbons (Fsp3) is 0.0385. The van der Waals surface area contributed by atoms with Crippen molar-refractivity contribution in [3.05, 3.63) is 114 Å². The lowest BCUT2D eigenvalue weighted by molar-refractivity contribution is 0.0694. The van der Waals surface area contributed by atoms with Crippen LogP contribution in [0.2, 0.25) is 0 Å². The average Bonchev–Trinajstić information content (AvgIpc) is 2.84. The lowest BCUT2D eigenvalue weighted by Gasteiger charge is -2.15. The normalized spacial score (nSPS) is 10.5. The molecule has 33 heavy (non-hydrogen) atoms. The van der Waals surface area contributed by atoms with Crippen molar-refractivity contribution >= 4 is 11.9 Å². The van der Waals surface area contributed by atoms with E-state index < -0.39 is 17.7 Å². The maximum Gasteiger partial charge on any atom is 0.336 e. The van der Waals surface area contributed by atoms with Gasteiger partial charge < -0.3 is 15.2 Å². The lowest BCUT2D eigenvalue weighted by atomic mass is 9.95. The minimum Gasteiger partial charge on any atom is -0.478 e. The zero-order valence-corrected chi connectivity index (χ0v) is 17.4. The van der Waals surface area contributed by atoms with E-state index in [1.165, 1.54) is 36.5 Å². The van der Waals surface area contributed by atoms with Gasteiger partial charge in [-0.15, -0.1) is 0 Å². The van der Waals surface area contributed by atoms with E-state index in [1.807, 2.05) is 36.4 Å². The van der Waals surface area contributed by atoms with Crippen LogP contribution in [-0.4, -0.2) is 22.0 Å². The number of carbonyl (C=O) groups excluding carboxylic acids is 1. The highest BCUT2D eigenvalue weighted by molar-refractivity contribution is 5.97. The molecule has 1 heterocycles. The Bertz CT molecular complexity index is 1290. The van der Waals surface area contributed by atoms with Crippen LogP contribution < -0.4 is 10.1 Å². The predicted molar refractivity (Wildman–Crippen MR) is 121 cm³/mol. The Hall–Kier alpha value is -4.52. The first-order valence-corrected chi connectivity index (χ1v) is 10.1. The molecule has 4 aromatic rings. The molecule has 0 bridgehead atoms. The van der Waals surface area contributed by atoms with E-state index in [1.54, 1.807) is 18.2 Å². The Labute approximate surface area is 189 Å². The molecule has 0 unspecified atom stereocenters. The van der Waals surface area contributed by atoms with Crippen molar-refractivity contribution in [3.63, 3.8) is 0 Å². The number of aromatic carboxylic acids is 1. The molecule has 6 nitrogen and oxygen atoms in total. The van der Waals surface area contributed by atoms with Crippen molar-refractivity contribution in [1.29, 1.82) is 0 Å². The van der Waals surface area contributed by atoms with E-state index in [4.69, 9.17) is 4.74 Å². The Morgan fingerprint density at radius 3 is 2.33 bits per heavy atom. The Morgan fingerprint density at radius 2 is 1.61 bits per heavy atom. The number of nitrogens with zero attached hydrogens (tertiary/aromatic N) is 1. The number of carboxylic acid groups (broad SMARTS) is 1. The van der Waals surface area contributed by atoms with E-state index in [0.717, 1.165) is 5.56 Å². The van der Waals surface area contributed by atoms with Crippen LogP contribution in [0.3, 0.4) is 0 Å². The van der Waals surface area contributed by atoms with Crippen molar-refractivity contribution in [3.8, 4) is 22.8 Å². The Morgan fingerprint density at radius 1 is 0.879 bits per heavy atom. The number of nitrogens with one attached hydrogen (secondary N) is 1. The molecule has 164 valence electrons. The third-order valence-electron chi connectivity index (χ3n) is 4.96. The summed E-state index contributed by atoms with van der Waals surface area (Å²) >= 11 is 0. The number of ether oxygens (including phenoxy) is 1. The van der Waals surface area contributed by atoms with Crippen LogP contribution >= 0.6 is 0 Å². The van der Waals surface area contributed by atoms with Gasteiger partial charge in [-0.1, -0.05) is 42.5 Å². The first kappa shape index (κ1) is 21.7. The van der Waals surface area contributed by atoms with Gasteiger partial charge in [0.25, 0.3) is 5.91 Å². The zero-order valence-electron chi connectivity index (χ0n) is 17.4. The third kappa shape index (κ3) is 5.04. The molecule has 0 aliphatic carbocycles. The minimum atomic E-state index is -1.08.